The molecule has 2 heteroatoms. The smallest absolute Gasteiger partial charge is 0.123 e. The van der Waals surface area contributed by atoms with Crippen LogP contribution in [0, 0.1) is 10.8 Å². The second kappa shape index (κ2) is 14.8. The highest BCUT2D eigenvalue weighted by molar-refractivity contribution is 5.21. The molecule has 0 heterocycles. The van der Waals surface area contributed by atoms with Gasteiger partial charge in [-0.2, -0.15) is 0 Å². The molecule has 0 aromatic carbocycles. The second-order valence-electron chi connectivity index (χ2n) is 6.27. The van der Waals surface area contributed by atoms with Crippen molar-refractivity contribution in [2.45, 2.75) is 72.3 Å². The van der Waals surface area contributed by atoms with Crippen LogP contribution in [-0.2, 0) is 0 Å². The van der Waals surface area contributed by atoms with Crippen LogP contribution < -0.4 is 0 Å². The van der Waals surface area contributed by atoms with Crippen molar-refractivity contribution < 1.29 is 0 Å². The highest BCUT2D eigenvalue weighted by Crippen LogP contribution is 2.33. The SMILES string of the molecule is CC=C=C=C=CCCC(C)C(/C=C/C(C)=C=C=C=CC)(CCCC)N=O. The first-order chi connectivity index (χ1) is 12.6. The minimum Gasteiger partial charge on any atom is -0.150 e. The van der Waals surface area contributed by atoms with E-state index in [9.17, 15) is 4.91 Å². The van der Waals surface area contributed by atoms with Crippen LogP contribution in [0.3, 0.4) is 0 Å². The molecule has 2 unspecified atom stereocenters. The van der Waals surface area contributed by atoms with Gasteiger partial charge in [-0.25, -0.2) is 0 Å². The normalized spacial score (nSPS) is 12.8. The van der Waals surface area contributed by atoms with E-state index in [-0.39, 0.29) is 5.92 Å². The highest BCUT2D eigenvalue weighted by atomic mass is 16.3. The van der Waals surface area contributed by atoms with Crippen molar-refractivity contribution in [3.8, 4) is 0 Å². The highest BCUT2D eigenvalue weighted by Gasteiger charge is 2.34. The third kappa shape index (κ3) is 9.71. The van der Waals surface area contributed by atoms with Crippen LogP contribution in [0.25, 0.3) is 0 Å². The molecule has 0 aliphatic carbocycles. The maximum atomic E-state index is 11.8. The molecule has 0 bridgehead atoms. The number of hydrogen-bond donors (Lipinski definition) is 0. The standard InChI is InChI=1S/C24H31NO/c1-6-9-12-13-14-16-18-23(5)24(25-26,20-11-8-3)21-19-22(4)17-15-10-7-2/h6-7,14,19,21,23H,8,11,16,18,20H2,1-5H3/b21-19+. The number of unbranched alkanes of at least 4 members (excludes halogenated alkanes) is 1. The van der Waals surface area contributed by atoms with Gasteiger partial charge in [0, 0.05) is 0 Å². The van der Waals surface area contributed by atoms with Crippen molar-refractivity contribution in [2.75, 3.05) is 0 Å². The molecule has 2 nitrogen and oxygen atoms in total. The third-order valence-electron chi connectivity index (χ3n) is 4.19. The van der Waals surface area contributed by atoms with Gasteiger partial charge in [0.05, 0.1) is 0 Å². The fourth-order valence-electron chi connectivity index (χ4n) is 2.46. The average Bonchev–Trinajstić information content (AvgIpc) is 2.65. The molecular weight excluding hydrogens is 318 g/mol. The molecule has 0 amide bonds. The van der Waals surface area contributed by atoms with Crippen LogP contribution in [0.15, 0.2) is 75.5 Å². The van der Waals surface area contributed by atoms with Gasteiger partial charge in [0.2, 0.25) is 0 Å². The fourth-order valence-corrected chi connectivity index (χ4v) is 2.46. The van der Waals surface area contributed by atoms with E-state index in [1.807, 2.05) is 39.0 Å². The van der Waals surface area contributed by atoms with Crippen molar-refractivity contribution in [1.29, 1.82) is 0 Å². The van der Waals surface area contributed by atoms with Gasteiger partial charge in [0.15, 0.2) is 0 Å². The zero-order chi connectivity index (χ0) is 19.7. The van der Waals surface area contributed by atoms with Gasteiger partial charge in [0.1, 0.15) is 5.54 Å². The lowest BCUT2D eigenvalue weighted by molar-refractivity contribution is 0.312. The Hall–Kier alpha value is -2.50. The van der Waals surface area contributed by atoms with Gasteiger partial charge >= 0.3 is 0 Å². The second-order valence-corrected chi connectivity index (χ2v) is 6.27. The molecule has 0 aromatic heterocycles. The van der Waals surface area contributed by atoms with Crippen molar-refractivity contribution in [2.24, 2.45) is 11.1 Å². The molecule has 0 N–H and O–H groups in total. The molecule has 0 fully saturated rings. The monoisotopic (exact) mass is 349 g/mol. The molecule has 2 atom stereocenters. The van der Waals surface area contributed by atoms with Crippen molar-refractivity contribution in [3.05, 3.63) is 75.2 Å². The van der Waals surface area contributed by atoms with E-state index in [1.165, 1.54) is 0 Å². The Morgan fingerprint density at radius 2 is 1.85 bits per heavy atom. The lowest BCUT2D eigenvalue weighted by Gasteiger charge is -2.29. The van der Waals surface area contributed by atoms with E-state index < -0.39 is 5.54 Å². The Kier molecular flexibility index (Phi) is 13.4. The van der Waals surface area contributed by atoms with Crippen LogP contribution in [0.1, 0.15) is 66.7 Å². The lowest BCUT2D eigenvalue weighted by atomic mass is 9.78. The van der Waals surface area contributed by atoms with Crippen LogP contribution in [0.2, 0.25) is 0 Å². The van der Waals surface area contributed by atoms with Gasteiger partial charge in [-0.15, -0.1) is 4.91 Å². The molecule has 0 aliphatic heterocycles. The van der Waals surface area contributed by atoms with E-state index in [0.29, 0.717) is 0 Å². The van der Waals surface area contributed by atoms with Crippen LogP contribution in [0.5, 0.6) is 0 Å². The minimum atomic E-state index is -0.694. The Labute approximate surface area is 159 Å². The van der Waals surface area contributed by atoms with E-state index in [2.05, 4.69) is 53.4 Å². The summed E-state index contributed by atoms with van der Waals surface area (Å²) in [5.74, 6) is 0.134. The lowest BCUT2D eigenvalue weighted by Crippen LogP contribution is -2.32. The summed E-state index contributed by atoms with van der Waals surface area (Å²) in [7, 11) is 0. The molecular formula is C24H31NO. The number of nitrogens with zero attached hydrogens (tertiary/aromatic N) is 1. The van der Waals surface area contributed by atoms with Crippen LogP contribution in [0.4, 0.5) is 0 Å². The largest absolute Gasteiger partial charge is 0.150 e. The van der Waals surface area contributed by atoms with Gasteiger partial charge in [-0.05, 0) is 81.2 Å². The van der Waals surface area contributed by atoms with Gasteiger partial charge in [-0.3, -0.25) is 0 Å². The summed E-state index contributed by atoms with van der Waals surface area (Å²) in [6, 6.07) is 0. The molecule has 0 rings (SSSR count). The topological polar surface area (TPSA) is 29.4 Å². The number of allylic oxidation sites excluding steroid dienone is 5. The number of nitroso groups, excluding NO2 is 1. The molecule has 0 spiro atoms. The maximum absolute atomic E-state index is 11.8. The summed E-state index contributed by atoms with van der Waals surface area (Å²) in [4.78, 5) is 11.8. The zero-order valence-electron chi connectivity index (χ0n) is 16.9. The number of hydrogen-bond acceptors (Lipinski definition) is 2. The maximum Gasteiger partial charge on any atom is 0.123 e. The van der Waals surface area contributed by atoms with Gasteiger partial charge < -0.3 is 0 Å². The van der Waals surface area contributed by atoms with Crippen molar-refractivity contribution >= 4 is 0 Å². The fraction of sp³-hybridized carbons (Fsp3) is 0.500. The Morgan fingerprint density at radius 1 is 1.15 bits per heavy atom. The molecule has 26 heavy (non-hydrogen) atoms. The van der Waals surface area contributed by atoms with Crippen LogP contribution in [-0.4, -0.2) is 5.54 Å². The van der Waals surface area contributed by atoms with Gasteiger partial charge in [-0.1, -0.05) is 66.9 Å². The van der Waals surface area contributed by atoms with E-state index in [4.69, 9.17) is 0 Å². The third-order valence-corrected chi connectivity index (χ3v) is 4.19. The van der Waals surface area contributed by atoms with Gasteiger partial charge in [0.25, 0.3) is 0 Å². The molecule has 0 radical (unpaired) electrons. The predicted octanol–water partition coefficient (Wildman–Crippen LogP) is 7.13. The quantitative estimate of drug-likeness (QED) is 0.234. The predicted molar refractivity (Wildman–Crippen MR) is 111 cm³/mol. The first kappa shape index (κ1) is 23.5. The molecule has 0 aromatic rings. The summed E-state index contributed by atoms with van der Waals surface area (Å²) < 4.78 is 0. The van der Waals surface area contributed by atoms with E-state index in [0.717, 1.165) is 37.7 Å². The van der Waals surface area contributed by atoms with E-state index in [1.54, 1.807) is 12.2 Å². The number of rotatable bonds is 10. The van der Waals surface area contributed by atoms with Crippen molar-refractivity contribution in [1.82, 2.24) is 0 Å². The summed E-state index contributed by atoms with van der Waals surface area (Å²) in [5.41, 5.74) is 17.5. The molecule has 0 saturated heterocycles. The zero-order valence-corrected chi connectivity index (χ0v) is 16.9. The van der Waals surface area contributed by atoms with E-state index >= 15 is 0 Å². The summed E-state index contributed by atoms with van der Waals surface area (Å²) in [6.45, 7) is 9.92. The summed E-state index contributed by atoms with van der Waals surface area (Å²) in [6.07, 6.45) is 13.8. The van der Waals surface area contributed by atoms with Crippen LogP contribution >= 0.6 is 0 Å². The average molecular weight is 350 g/mol. The Bertz CT molecular complexity index is 731. The summed E-state index contributed by atoms with van der Waals surface area (Å²) in [5, 5.41) is 3.57. The minimum absolute atomic E-state index is 0.134. The van der Waals surface area contributed by atoms with Crippen molar-refractivity contribution in [3.63, 3.8) is 0 Å². The molecule has 0 aliphatic rings. The first-order valence-electron chi connectivity index (χ1n) is 9.33. The summed E-state index contributed by atoms with van der Waals surface area (Å²) >= 11 is 0. The molecule has 0 saturated carbocycles. The first-order valence-corrected chi connectivity index (χ1v) is 9.33. The molecule has 138 valence electrons. The Balaban J connectivity index is 5.49. The Morgan fingerprint density at radius 3 is 2.46 bits per heavy atom.